The van der Waals surface area contributed by atoms with Crippen molar-refractivity contribution in [2.45, 2.75) is 13.0 Å². The lowest BCUT2D eigenvalue weighted by atomic mass is 10.2. The van der Waals surface area contributed by atoms with Crippen molar-refractivity contribution < 1.29 is 9.53 Å². The summed E-state index contributed by atoms with van der Waals surface area (Å²) in [7, 11) is 1.64. The summed E-state index contributed by atoms with van der Waals surface area (Å²) in [6.45, 7) is 0.583. The summed E-state index contributed by atoms with van der Waals surface area (Å²) in [5.41, 5.74) is 5.83. The highest BCUT2D eigenvalue weighted by Crippen LogP contribution is 2.31. The lowest BCUT2D eigenvalue weighted by molar-refractivity contribution is -0.121. The van der Waals surface area contributed by atoms with Crippen LogP contribution in [0.25, 0.3) is 27.9 Å². The Kier molecular flexibility index (Phi) is 7.46. The number of ether oxygens (including phenoxy) is 1. The Morgan fingerprint density at radius 3 is 2.34 bits per heavy atom. The Labute approximate surface area is 213 Å². The van der Waals surface area contributed by atoms with E-state index in [-0.39, 0.29) is 5.91 Å². The number of methoxy groups -OCH3 is 1. The topological polar surface area (TPSA) is 55.6 Å². The molecule has 1 N–H and O–H groups in total. The molecule has 0 bridgehead atoms. The van der Waals surface area contributed by atoms with Crippen LogP contribution in [0.3, 0.4) is 0 Å². The molecule has 0 saturated heterocycles. The maximum atomic E-state index is 12.4. The third kappa shape index (κ3) is 5.15. The van der Waals surface area contributed by atoms with E-state index < -0.39 is 0 Å². The van der Waals surface area contributed by atoms with Gasteiger partial charge in [0.05, 0.1) is 7.11 Å². The molecular formula is C25H21I2N3O2. The van der Waals surface area contributed by atoms with Gasteiger partial charge in [-0.05, 0) is 99.8 Å². The third-order valence-electron chi connectivity index (χ3n) is 5.12. The van der Waals surface area contributed by atoms with Gasteiger partial charge in [-0.1, -0.05) is 18.2 Å². The molecule has 32 heavy (non-hydrogen) atoms. The Hall–Kier alpha value is -2.40. The number of carbonyl (C=O) groups is 1. The highest BCUT2D eigenvalue weighted by atomic mass is 127. The van der Waals surface area contributed by atoms with Gasteiger partial charge in [0.25, 0.3) is 0 Å². The van der Waals surface area contributed by atoms with Gasteiger partial charge in [0.1, 0.15) is 5.75 Å². The van der Waals surface area contributed by atoms with Crippen molar-refractivity contribution in [1.29, 1.82) is 0 Å². The minimum atomic E-state index is -0.127. The second-order valence-corrected chi connectivity index (χ2v) is 9.63. The molecule has 0 spiro atoms. The van der Waals surface area contributed by atoms with Gasteiger partial charge in [-0.3, -0.25) is 4.79 Å². The van der Waals surface area contributed by atoms with Gasteiger partial charge < -0.3 is 9.30 Å². The van der Waals surface area contributed by atoms with Crippen LogP contribution in [0, 0.1) is 7.14 Å². The monoisotopic (exact) mass is 649 g/mol. The number of hydrazone groups is 1. The molecule has 4 aromatic rings. The normalized spacial score (nSPS) is 11.7. The molecule has 0 saturated carbocycles. The van der Waals surface area contributed by atoms with Gasteiger partial charge in [-0.15, -0.1) is 0 Å². The maximum Gasteiger partial charge on any atom is 0.241 e. The summed E-state index contributed by atoms with van der Waals surface area (Å²) in [4.78, 5) is 12.4. The van der Waals surface area contributed by atoms with Gasteiger partial charge in [0.2, 0.25) is 5.91 Å². The number of halogens is 2. The third-order valence-corrected chi connectivity index (χ3v) is 6.46. The van der Waals surface area contributed by atoms with E-state index in [0.29, 0.717) is 13.0 Å². The fraction of sp³-hybridized carbons (Fsp3) is 0.120. The van der Waals surface area contributed by atoms with Crippen LogP contribution in [-0.2, 0) is 11.3 Å². The zero-order chi connectivity index (χ0) is 22.5. The maximum absolute atomic E-state index is 12.4. The van der Waals surface area contributed by atoms with Gasteiger partial charge in [-0.25, -0.2) is 5.43 Å². The number of aryl methyl sites for hydroxylation is 1. The molecule has 1 aromatic heterocycles. The zero-order valence-electron chi connectivity index (χ0n) is 17.4. The first-order chi connectivity index (χ1) is 15.6. The second-order valence-electron chi connectivity index (χ2n) is 7.14. The summed E-state index contributed by atoms with van der Waals surface area (Å²) in [5, 5.41) is 6.45. The quantitative estimate of drug-likeness (QED) is 0.147. The van der Waals surface area contributed by atoms with Crippen molar-refractivity contribution in [3.8, 4) is 5.75 Å². The first-order valence-corrected chi connectivity index (χ1v) is 12.2. The number of rotatable bonds is 7. The van der Waals surface area contributed by atoms with Crippen LogP contribution in [0.1, 0.15) is 12.0 Å². The number of nitrogens with zero attached hydrogens (tertiary/aromatic N) is 2. The van der Waals surface area contributed by atoms with E-state index in [0.717, 1.165) is 22.3 Å². The first kappa shape index (κ1) is 22.8. The van der Waals surface area contributed by atoms with E-state index in [1.807, 2.05) is 30.3 Å². The number of hydrogen-bond acceptors (Lipinski definition) is 3. The molecule has 0 radical (unpaired) electrons. The van der Waals surface area contributed by atoms with Crippen molar-refractivity contribution in [3.63, 3.8) is 0 Å². The van der Waals surface area contributed by atoms with E-state index in [1.165, 1.54) is 17.9 Å². The number of amides is 1. The van der Waals surface area contributed by atoms with Crippen LogP contribution in [-0.4, -0.2) is 23.8 Å². The molecule has 1 heterocycles. The Morgan fingerprint density at radius 2 is 1.69 bits per heavy atom. The highest BCUT2D eigenvalue weighted by molar-refractivity contribution is 14.1. The fourth-order valence-electron chi connectivity index (χ4n) is 3.66. The predicted molar refractivity (Wildman–Crippen MR) is 148 cm³/mol. The molecule has 0 aliphatic heterocycles. The van der Waals surface area contributed by atoms with Crippen molar-refractivity contribution in [3.05, 3.63) is 79.4 Å². The van der Waals surface area contributed by atoms with E-state index in [1.54, 1.807) is 19.4 Å². The number of allylic oxidation sites excluding steroid dienone is 1. The molecule has 0 fully saturated rings. The average Bonchev–Trinajstić information content (AvgIpc) is 3.09. The van der Waals surface area contributed by atoms with E-state index in [2.05, 4.69) is 96.7 Å². The lowest BCUT2D eigenvalue weighted by Gasteiger charge is -2.07. The summed E-state index contributed by atoms with van der Waals surface area (Å²) in [6, 6.07) is 20.6. The first-order valence-electron chi connectivity index (χ1n) is 10.1. The van der Waals surface area contributed by atoms with E-state index in [9.17, 15) is 4.79 Å². The zero-order valence-corrected chi connectivity index (χ0v) is 21.7. The number of carbonyl (C=O) groups excluding carboxylic acids is 1. The van der Waals surface area contributed by atoms with Crippen molar-refractivity contribution in [1.82, 2.24) is 9.99 Å². The number of aromatic nitrogens is 1. The van der Waals surface area contributed by atoms with Crippen molar-refractivity contribution >= 4 is 85.2 Å². The van der Waals surface area contributed by atoms with E-state index >= 15 is 0 Å². The highest BCUT2D eigenvalue weighted by Gasteiger charge is 2.12. The number of nitrogens with one attached hydrogen (secondary N) is 1. The summed E-state index contributed by atoms with van der Waals surface area (Å²) in [6.07, 6.45) is 5.56. The minimum Gasteiger partial charge on any atom is -0.496 e. The molecule has 7 heteroatoms. The molecular weight excluding hydrogens is 628 g/mol. The molecule has 1 amide bonds. The summed E-state index contributed by atoms with van der Waals surface area (Å²) in [5.74, 6) is 0.662. The van der Waals surface area contributed by atoms with Crippen LogP contribution in [0.15, 0.2) is 71.8 Å². The number of hydrogen-bond donors (Lipinski definition) is 1. The van der Waals surface area contributed by atoms with Crippen LogP contribution < -0.4 is 10.2 Å². The lowest BCUT2D eigenvalue weighted by Crippen LogP contribution is -2.19. The van der Waals surface area contributed by atoms with E-state index in [4.69, 9.17) is 4.74 Å². The number of benzene rings is 3. The molecule has 0 aliphatic rings. The number of para-hydroxylation sites is 1. The molecule has 0 atom stereocenters. The van der Waals surface area contributed by atoms with Crippen molar-refractivity contribution in [2.24, 2.45) is 5.10 Å². The van der Waals surface area contributed by atoms with Gasteiger partial charge >= 0.3 is 0 Å². The molecule has 0 aliphatic carbocycles. The van der Waals surface area contributed by atoms with Crippen molar-refractivity contribution in [2.75, 3.05) is 7.11 Å². The second kappa shape index (κ2) is 10.5. The molecule has 4 rings (SSSR count). The summed E-state index contributed by atoms with van der Waals surface area (Å²) >= 11 is 4.67. The average molecular weight is 649 g/mol. The van der Waals surface area contributed by atoms with Crippen LogP contribution in [0.2, 0.25) is 0 Å². The Balaban J connectivity index is 1.43. The Morgan fingerprint density at radius 1 is 1.03 bits per heavy atom. The largest absolute Gasteiger partial charge is 0.496 e. The molecule has 3 aromatic carbocycles. The molecule has 162 valence electrons. The Bertz CT molecular complexity index is 1280. The molecule has 0 unspecified atom stereocenters. The minimum absolute atomic E-state index is 0.127. The molecule has 5 nitrogen and oxygen atoms in total. The smallest absolute Gasteiger partial charge is 0.241 e. The SMILES string of the molecule is COc1ccccc1C=CC=NNC(=O)CCn1c2ccc(I)cc2c2cc(I)ccc21. The van der Waals surface area contributed by atoms with Crippen LogP contribution in [0.5, 0.6) is 5.75 Å². The van der Waals surface area contributed by atoms with Crippen LogP contribution >= 0.6 is 45.2 Å². The predicted octanol–water partition coefficient (Wildman–Crippen LogP) is 6.22. The van der Waals surface area contributed by atoms with Gasteiger partial charge in [0, 0.05) is 53.7 Å². The van der Waals surface area contributed by atoms with Gasteiger partial charge in [-0.2, -0.15) is 5.10 Å². The van der Waals surface area contributed by atoms with Gasteiger partial charge in [0.15, 0.2) is 0 Å². The number of fused-ring (bicyclic) bond motifs is 3. The standard InChI is InChI=1S/C25H21I2N3O2/c1-32-24-7-3-2-5-17(24)6-4-13-28-29-25(31)12-14-30-22-10-8-18(26)15-20(22)21-16-19(27)9-11-23(21)30/h2-11,13,15-16H,12,14H2,1H3,(H,29,31). The fourth-order valence-corrected chi connectivity index (χ4v) is 4.64. The summed E-state index contributed by atoms with van der Waals surface area (Å²) < 4.78 is 9.91. The van der Waals surface area contributed by atoms with Crippen LogP contribution in [0.4, 0.5) is 0 Å².